The van der Waals surface area contributed by atoms with Crippen LogP contribution in [-0.4, -0.2) is 91.8 Å². The molecule has 1 saturated carbocycles. The van der Waals surface area contributed by atoms with E-state index in [0.29, 0.717) is 54.7 Å². The first-order chi connectivity index (χ1) is 17.7. The number of pyridine rings is 1. The van der Waals surface area contributed by atoms with Gasteiger partial charge in [0.15, 0.2) is 5.60 Å². The first kappa shape index (κ1) is 25.6. The summed E-state index contributed by atoms with van der Waals surface area (Å²) in [5.74, 6) is -2.67. The number of aryl methyl sites for hydroxylation is 1. The molecule has 37 heavy (non-hydrogen) atoms. The summed E-state index contributed by atoms with van der Waals surface area (Å²) in [7, 11) is 0. The number of carbonyl (C=O) groups is 1. The molecular formula is C25H29F3N4O5. The van der Waals surface area contributed by atoms with Crippen LogP contribution in [0.15, 0.2) is 24.3 Å². The Morgan fingerprint density at radius 1 is 1.19 bits per heavy atom. The average molecular weight is 523 g/mol. The summed E-state index contributed by atoms with van der Waals surface area (Å²) in [5.41, 5.74) is 0.217. The van der Waals surface area contributed by atoms with E-state index in [-0.39, 0.29) is 38.6 Å². The van der Waals surface area contributed by atoms with Gasteiger partial charge in [-0.2, -0.15) is 4.98 Å². The molecule has 3 fully saturated rings. The first-order valence-electron chi connectivity index (χ1n) is 12.2. The maximum Gasteiger partial charge on any atom is 0.322 e. The molecule has 3 heterocycles. The minimum absolute atomic E-state index is 0.0113. The number of morpholine rings is 2. The van der Waals surface area contributed by atoms with Crippen molar-refractivity contribution in [2.45, 2.75) is 24.9 Å². The summed E-state index contributed by atoms with van der Waals surface area (Å²) in [6.07, 6.45) is -0.430. The van der Waals surface area contributed by atoms with Crippen LogP contribution in [0.3, 0.4) is 0 Å². The number of carbonyl (C=O) groups excluding carboxylic acids is 1. The molecule has 1 atom stereocenters. The van der Waals surface area contributed by atoms with Gasteiger partial charge < -0.3 is 34.4 Å². The largest absolute Gasteiger partial charge is 0.475 e. The van der Waals surface area contributed by atoms with E-state index in [1.54, 1.807) is 13.0 Å². The van der Waals surface area contributed by atoms with Crippen molar-refractivity contribution >= 4 is 17.5 Å². The Morgan fingerprint density at radius 3 is 2.65 bits per heavy atom. The minimum atomic E-state index is -2.97. The lowest BCUT2D eigenvalue weighted by atomic mass is 10.00. The smallest absolute Gasteiger partial charge is 0.322 e. The number of nitrogens with one attached hydrogen (secondary N) is 1. The topological polar surface area (TPSA) is 96.4 Å². The van der Waals surface area contributed by atoms with Gasteiger partial charge in [0, 0.05) is 25.7 Å². The van der Waals surface area contributed by atoms with Gasteiger partial charge in [-0.15, -0.1) is 0 Å². The SMILES string of the molecule is Cc1cc(F)c(NC(=O)N2CCOC3(C2)CC3(F)F)cc1-c1cc(OCCO)nc(N2CCOCC2)c1. The number of hydrogen-bond donors (Lipinski definition) is 2. The normalized spacial score (nSPS) is 22.7. The van der Waals surface area contributed by atoms with E-state index in [1.807, 2.05) is 11.0 Å². The quantitative estimate of drug-likeness (QED) is 0.602. The summed E-state index contributed by atoms with van der Waals surface area (Å²) in [5, 5.41) is 11.7. The number of aliphatic hydroxyl groups excluding tert-OH is 1. The molecule has 2 aromatic rings. The zero-order valence-electron chi connectivity index (χ0n) is 20.4. The van der Waals surface area contributed by atoms with Gasteiger partial charge in [-0.3, -0.25) is 0 Å². The second-order valence-corrected chi connectivity index (χ2v) is 9.45. The molecule has 2 N–H and O–H groups in total. The monoisotopic (exact) mass is 522 g/mol. The highest BCUT2D eigenvalue weighted by atomic mass is 19.3. The van der Waals surface area contributed by atoms with E-state index in [2.05, 4.69) is 10.3 Å². The summed E-state index contributed by atoms with van der Waals surface area (Å²) in [4.78, 5) is 20.7. The van der Waals surface area contributed by atoms with E-state index in [0.717, 1.165) is 0 Å². The molecule has 200 valence electrons. The Morgan fingerprint density at radius 2 is 1.95 bits per heavy atom. The maximum atomic E-state index is 14.9. The van der Waals surface area contributed by atoms with Crippen LogP contribution in [0.4, 0.5) is 29.5 Å². The molecule has 5 rings (SSSR count). The van der Waals surface area contributed by atoms with Crippen LogP contribution in [0.5, 0.6) is 5.88 Å². The Labute approximate surface area is 212 Å². The van der Waals surface area contributed by atoms with Gasteiger partial charge in [0.2, 0.25) is 5.88 Å². The van der Waals surface area contributed by atoms with Crippen LogP contribution in [0.25, 0.3) is 11.1 Å². The Bertz CT molecular complexity index is 1180. The van der Waals surface area contributed by atoms with E-state index in [1.165, 1.54) is 17.0 Å². The number of nitrogens with zero attached hydrogens (tertiary/aromatic N) is 3. The Balaban J connectivity index is 1.42. The van der Waals surface area contributed by atoms with Crippen molar-refractivity contribution in [2.75, 3.05) is 69.4 Å². The molecule has 3 aliphatic rings. The number of ether oxygens (including phenoxy) is 3. The van der Waals surface area contributed by atoms with Crippen molar-refractivity contribution in [3.8, 4) is 17.0 Å². The number of aliphatic hydroxyl groups is 1. The molecule has 0 bridgehead atoms. The number of amides is 2. The molecule has 1 spiro atoms. The molecule has 12 heteroatoms. The van der Waals surface area contributed by atoms with Gasteiger partial charge in [-0.05, 0) is 41.8 Å². The van der Waals surface area contributed by atoms with Crippen LogP contribution in [0.1, 0.15) is 12.0 Å². The van der Waals surface area contributed by atoms with Crippen LogP contribution < -0.4 is 15.0 Å². The molecule has 1 aromatic heterocycles. The lowest BCUT2D eigenvalue weighted by Crippen LogP contribution is -2.50. The van der Waals surface area contributed by atoms with Crippen molar-refractivity contribution in [1.82, 2.24) is 9.88 Å². The molecule has 1 unspecified atom stereocenters. The zero-order chi connectivity index (χ0) is 26.2. The van der Waals surface area contributed by atoms with Gasteiger partial charge in [-0.1, -0.05) is 0 Å². The number of benzene rings is 1. The molecule has 1 aliphatic carbocycles. The van der Waals surface area contributed by atoms with Crippen LogP contribution in [-0.2, 0) is 9.47 Å². The van der Waals surface area contributed by atoms with Crippen molar-refractivity contribution < 1.29 is 37.3 Å². The van der Waals surface area contributed by atoms with Crippen molar-refractivity contribution in [2.24, 2.45) is 0 Å². The molecule has 2 amide bonds. The molecule has 9 nitrogen and oxygen atoms in total. The Hall–Kier alpha value is -3.09. The fourth-order valence-electron chi connectivity index (χ4n) is 4.70. The number of anilines is 2. The van der Waals surface area contributed by atoms with Gasteiger partial charge in [0.1, 0.15) is 18.2 Å². The number of rotatable bonds is 6. The fraction of sp³-hybridized carbons (Fsp3) is 0.520. The highest BCUT2D eigenvalue weighted by Gasteiger charge is 2.74. The first-order valence-corrected chi connectivity index (χ1v) is 12.2. The number of aromatic nitrogens is 1. The summed E-state index contributed by atoms with van der Waals surface area (Å²) in [6, 6.07) is 5.69. The number of alkyl halides is 2. The van der Waals surface area contributed by atoms with E-state index in [4.69, 9.17) is 14.2 Å². The van der Waals surface area contributed by atoms with Crippen LogP contribution in [0, 0.1) is 12.7 Å². The predicted molar refractivity (Wildman–Crippen MR) is 129 cm³/mol. The van der Waals surface area contributed by atoms with Crippen molar-refractivity contribution in [1.29, 1.82) is 0 Å². The lowest BCUT2D eigenvalue weighted by molar-refractivity contribution is -0.0935. The minimum Gasteiger partial charge on any atom is -0.475 e. The standard InChI is InChI=1S/C25H29F3N4O5/c1-16-10-19(26)20(29-23(34)32-4-8-37-24(15-32)14-25(24,27)28)13-18(16)17-11-21(31-2-6-35-7-3-31)30-22(12-17)36-9-5-33/h10-13,33H,2-9,14-15H2,1H3,(H,29,34). The molecule has 0 radical (unpaired) electrons. The highest BCUT2D eigenvalue weighted by Crippen LogP contribution is 2.56. The molecular weight excluding hydrogens is 493 g/mol. The Kier molecular flexibility index (Phi) is 6.90. The average Bonchev–Trinajstić information content (AvgIpc) is 3.41. The van der Waals surface area contributed by atoms with Gasteiger partial charge in [0.05, 0.1) is 45.1 Å². The molecule has 2 aliphatic heterocycles. The van der Waals surface area contributed by atoms with Crippen molar-refractivity contribution in [3.05, 3.63) is 35.6 Å². The second kappa shape index (κ2) is 9.99. The summed E-state index contributed by atoms with van der Waals surface area (Å²) >= 11 is 0. The zero-order valence-corrected chi connectivity index (χ0v) is 20.4. The third kappa shape index (κ3) is 5.18. The third-order valence-corrected chi connectivity index (χ3v) is 6.85. The van der Waals surface area contributed by atoms with Crippen LogP contribution in [0.2, 0.25) is 0 Å². The fourth-order valence-corrected chi connectivity index (χ4v) is 4.70. The summed E-state index contributed by atoms with van der Waals surface area (Å²) < 4.78 is 58.7. The van der Waals surface area contributed by atoms with Gasteiger partial charge in [-0.25, -0.2) is 18.0 Å². The number of halogens is 3. The van der Waals surface area contributed by atoms with Crippen LogP contribution >= 0.6 is 0 Å². The second-order valence-electron chi connectivity index (χ2n) is 9.45. The van der Waals surface area contributed by atoms with Gasteiger partial charge >= 0.3 is 6.03 Å². The molecule has 2 saturated heterocycles. The highest BCUT2D eigenvalue weighted by molar-refractivity contribution is 5.91. The summed E-state index contributed by atoms with van der Waals surface area (Å²) in [6.45, 7) is 3.87. The number of urea groups is 1. The van der Waals surface area contributed by atoms with E-state index < -0.39 is 29.8 Å². The van der Waals surface area contributed by atoms with E-state index >= 15 is 0 Å². The van der Waals surface area contributed by atoms with Crippen molar-refractivity contribution in [3.63, 3.8) is 0 Å². The van der Waals surface area contributed by atoms with E-state index in [9.17, 15) is 23.1 Å². The number of hydrogen-bond acceptors (Lipinski definition) is 7. The van der Waals surface area contributed by atoms with Gasteiger partial charge in [0.25, 0.3) is 5.92 Å². The lowest BCUT2D eigenvalue weighted by Gasteiger charge is -2.33. The third-order valence-electron chi connectivity index (χ3n) is 6.85. The molecule has 1 aromatic carbocycles. The predicted octanol–water partition coefficient (Wildman–Crippen LogP) is 3.05. The maximum absolute atomic E-state index is 14.9.